The zero-order chi connectivity index (χ0) is 16.1. The molecule has 8 heteroatoms. The van der Waals surface area contributed by atoms with Crippen LogP contribution in [0.15, 0.2) is 18.2 Å². The van der Waals surface area contributed by atoms with Gasteiger partial charge in [-0.1, -0.05) is 11.6 Å². The van der Waals surface area contributed by atoms with E-state index >= 15 is 0 Å². The second-order valence-electron chi connectivity index (χ2n) is 5.17. The minimum absolute atomic E-state index is 0.0352. The molecule has 1 aromatic rings. The summed E-state index contributed by atoms with van der Waals surface area (Å²) in [6, 6.07) is 4.42. The van der Waals surface area contributed by atoms with Gasteiger partial charge in [-0.05, 0) is 18.9 Å². The van der Waals surface area contributed by atoms with Crippen molar-refractivity contribution in [2.45, 2.75) is 12.8 Å². The molecule has 0 unspecified atom stereocenters. The number of carbonyl (C=O) groups excluding carboxylic acids is 1. The predicted molar refractivity (Wildman–Crippen MR) is 83.1 cm³/mol. The molecule has 0 saturated carbocycles. The van der Waals surface area contributed by atoms with Gasteiger partial charge in [-0.3, -0.25) is 14.9 Å². The Kier molecular flexibility index (Phi) is 5.57. The number of non-ortho nitro benzene ring substituents is 1. The highest BCUT2D eigenvalue weighted by molar-refractivity contribution is 6.33. The number of aliphatic hydroxyl groups excluding tert-OH is 1. The number of rotatable bonds is 5. The van der Waals surface area contributed by atoms with Crippen LogP contribution in [0.4, 0.5) is 11.4 Å². The second kappa shape index (κ2) is 7.42. The van der Waals surface area contributed by atoms with Crippen molar-refractivity contribution in [1.29, 1.82) is 0 Å². The number of hydrogen-bond donors (Lipinski definition) is 2. The third kappa shape index (κ3) is 3.86. The van der Waals surface area contributed by atoms with E-state index in [9.17, 15) is 14.9 Å². The molecule has 1 aromatic carbocycles. The van der Waals surface area contributed by atoms with E-state index < -0.39 is 4.92 Å². The van der Waals surface area contributed by atoms with Gasteiger partial charge in [-0.2, -0.15) is 0 Å². The Hall–Kier alpha value is -1.86. The Balaban J connectivity index is 1.97. The van der Waals surface area contributed by atoms with Crippen molar-refractivity contribution >= 4 is 28.9 Å². The number of anilines is 1. The lowest BCUT2D eigenvalue weighted by Gasteiger charge is -2.33. The monoisotopic (exact) mass is 327 g/mol. The van der Waals surface area contributed by atoms with Gasteiger partial charge < -0.3 is 15.3 Å². The Morgan fingerprint density at radius 2 is 2.14 bits per heavy atom. The number of nitrogens with zero attached hydrogens (tertiary/aromatic N) is 2. The molecule has 22 heavy (non-hydrogen) atoms. The van der Waals surface area contributed by atoms with Gasteiger partial charge in [-0.25, -0.2) is 0 Å². The predicted octanol–water partition coefficient (Wildman–Crippen LogP) is 1.57. The molecule has 2 N–H and O–H groups in total. The van der Waals surface area contributed by atoms with Gasteiger partial charge in [0.25, 0.3) is 5.69 Å². The number of aliphatic hydroxyl groups is 1. The Bertz CT molecular complexity index is 559. The van der Waals surface area contributed by atoms with Crippen LogP contribution in [0.1, 0.15) is 12.8 Å². The summed E-state index contributed by atoms with van der Waals surface area (Å²) in [7, 11) is 0. The summed E-state index contributed by atoms with van der Waals surface area (Å²) in [6.45, 7) is 1.53. The number of nitro benzene ring substituents is 1. The van der Waals surface area contributed by atoms with Gasteiger partial charge >= 0.3 is 0 Å². The van der Waals surface area contributed by atoms with E-state index in [2.05, 4.69) is 5.32 Å². The molecule has 1 saturated heterocycles. The molecule has 0 bridgehead atoms. The van der Waals surface area contributed by atoms with Crippen LogP contribution in [0, 0.1) is 16.0 Å². The highest BCUT2D eigenvalue weighted by Crippen LogP contribution is 2.32. The number of halogens is 1. The van der Waals surface area contributed by atoms with Crippen molar-refractivity contribution in [3.8, 4) is 0 Å². The topological polar surface area (TPSA) is 95.7 Å². The largest absolute Gasteiger partial charge is 0.395 e. The molecule has 1 fully saturated rings. The molecule has 120 valence electrons. The molecule has 0 spiro atoms. The highest BCUT2D eigenvalue weighted by atomic mass is 35.5. The first-order valence-corrected chi connectivity index (χ1v) is 7.48. The van der Waals surface area contributed by atoms with Gasteiger partial charge in [0.1, 0.15) is 0 Å². The quantitative estimate of drug-likeness (QED) is 0.632. The zero-order valence-corrected chi connectivity index (χ0v) is 12.8. The summed E-state index contributed by atoms with van der Waals surface area (Å²) in [4.78, 5) is 24.1. The summed E-state index contributed by atoms with van der Waals surface area (Å²) >= 11 is 6.12. The molecule has 2 rings (SSSR count). The average molecular weight is 328 g/mol. The fraction of sp³-hybridized carbons (Fsp3) is 0.500. The van der Waals surface area contributed by atoms with E-state index in [1.54, 1.807) is 6.07 Å². The van der Waals surface area contributed by atoms with Gasteiger partial charge in [-0.15, -0.1) is 0 Å². The van der Waals surface area contributed by atoms with Crippen LogP contribution >= 0.6 is 11.6 Å². The molecular weight excluding hydrogens is 310 g/mol. The van der Waals surface area contributed by atoms with Gasteiger partial charge in [0.05, 0.1) is 22.2 Å². The van der Waals surface area contributed by atoms with E-state index in [0.29, 0.717) is 31.0 Å². The van der Waals surface area contributed by atoms with E-state index in [1.807, 2.05) is 4.90 Å². The number of nitro groups is 1. The number of carbonyl (C=O) groups is 1. The normalized spacial score (nSPS) is 15.6. The molecule has 1 aliphatic heterocycles. The number of hydrogen-bond acceptors (Lipinski definition) is 5. The summed E-state index contributed by atoms with van der Waals surface area (Å²) in [5.74, 6) is -0.108. The van der Waals surface area contributed by atoms with Crippen molar-refractivity contribution in [2.24, 2.45) is 5.92 Å². The second-order valence-corrected chi connectivity index (χ2v) is 5.58. The van der Waals surface area contributed by atoms with Crippen molar-refractivity contribution in [3.05, 3.63) is 33.3 Å². The molecular formula is C14H18ClN3O4. The maximum atomic E-state index is 11.8. The minimum atomic E-state index is -0.479. The molecule has 0 atom stereocenters. The van der Waals surface area contributed by atoms with Crippen LogP contribution in [0.2, 0.25) is 5.02 Å². The Morgan fingerprint density at radius 3 is 2.68 bits per heavy atom. The van der Waals surface area contributed by atoms with E-state index in [-0.39, 0.29) is 30.7 Å². The summed E-state index contributed by atoms with van der Waals surface area (Å²) in [6.07, 6.45) is 1.37. The number of piperidine rings is 1. The van der Waals surface area contributed by atoms with E-state index in [0.717, 1.165) is 5.69 Å². The van der Waals surface area contributed by atoms with Crippen LogP contribution in [-0.4, -0.2) is 42.2 Å². The maximum Gasteiger partial charge on any atom is 0.271 e. The molecule has 1 heterocycles. The molecule has 1 amide bonds. The fourth-order valence-electron chi connectivity index (χ4n) is 2.57. The first-order chi connectivity index (χ1) is 10.5. The molecule has 0 radical (unpaired) electrons. The van der Waals surface area contributed by atoms with Crippen molar-refractivity contribution in [2.75, 3.05) is 31.1 Å². The Morgan fingerprint density at radius 1 is 1.45 bits per heavy atom. The van der Waals surface area contributed by atoms with Crippen LogP contribution in [0.5, 0.6) is 0 Å². The van der Waals surface area contributed by atoms with Crippen LogP contribution in [0.25, 0.3) is 0 Å². The maximum absolute atomic E-state index is 11.8. The molecule has 7 nitrogen and oxygen atoms in total. The first-order valence-electron chi connectivity index (χ1n) is 7.10. The van der Waals surface area contributed by atoms with Gasteiger partial charge in [0, 0.05) is 37.7 Å². The molecule has 1 aliphatic rings. The lowest BCUT2D eigenvalue weighted by molar-refractivity contribution is -0.384. The third-order valence-electron chi connectivity index (χ3n) is 3.76. The van der Waals surface area contributed by atoms with E-state index in [4.69, 9.17) is 16.7 Å². The molecule has 0 aliphatic carbocycles. The van der Waals surface area contributed by atoms with E-state index in [1.165, 1.54) is 12.1 Å². The SMILES string of the molecule is O=C(NCCO)C1CCN(c2ccc([N+](=O)[O-])cc2Cl)CC1. The molecule has 0 aromatic heterocycles. The average Bonchev–Trinajstić information content (AvgIpc) is 2.52. The zero-order valence-electron chi connectivity index (χ0n) is 12.0. The smallest absolute Gasteiger partial charge is 0.271 e. The third-order valence-corrected chi connectivity index (χ3v) is 4.06. The van der Waals surface area contributed by atoms with Crippen molar-refractivity contribution < 1.29 is 14.8 Å². The lowest BCUT2D eigenvalue weighted by Crippen LogP contribution is -2.41. The van der Waals surface area contributed by atoms with Crippen molar-refractivity contribution in [3.63, 3.8) is 0 Å². The highest BCUT2D eigenvalue weighted by Gasteiger charge is 2.26. The van der Waals surface area contributed by atoms with Gasteiger partial charge in [0.2, 0.25) is 5.91 Å². The first kappa shape index (κ1) is 16.5. The van der Waals surface area contributed by atoms with Crippen LogP contribution in [-0.2, 0) is 4.79 Å². The summed E-state index contributed by atoms with van der Waals surface area (Å²) in [5, 5.41) is 22.5. The van der Waals surface area contributed by atoms with Gasteiger partial charge in [0.15, 0.2) is 0 Å². The van der Waals surface area contributed by atoms with Crippen molar-refractivity contribution in [1.82, 2.24) is 5.32 Å². The Labute approximate surface area is 133 Å². The standard InChI is InChI=1S/C14H18ClN3O4/c15-12-9-11(18(21)22)1-2-13(12)17-6-3-10(4-7-17)14(20)16-5-8-19/h1-2,9-10,19H,3-8H2,(H,16,20). The minimum Gasteiger partial charge on any atom is -0.395 e. The fourth-order valence-corrected chi connectivity index (χ4v) is 2.87. The number of benzene rings is 1. The summed E-state index contributed by atoms with van der Waals surface area (Å²) < 4.78 is 0. The summed E-state index contributed by atoms with van der Waals surface area (Å²) in [5.41, 5.74) is 0.716. The lowest BCUT2D eigenvalue weighted by atomic mass is 9.95. The van der Waals surface area contributed by atoms with Crippen LogP contribution in [0.3, 0.4) is 0 Å². The van der Waals surface area contributed by atoms with Crippen LogP contribution < -0.4 is 10.2 Å². The number of amides is 1. The number of nitrogens with one attached hydrogen (secondary N) is 1.